The molecule has 1 aromatic rings. The number of pyridine rings is 1. The van der Waals surface area contributed by atoms with Gasteiger partial charge in [0, 0.05) is 12.1 Å². The molecule has 0 bridgehead atoms. The highest BCUT2D eigenvalue weighted by molar-refractivity contribution is 5.71. The second-order valence-corrected chi connectivity index (χ2v) is 6.82. The molecular formula is C16H22FNO2. The Morgan fingerprint density at radius 1 is 1.40 bits per heavy atom. The summed E-state index contributed by atoms with van der Waals surface area (Å²) >= 11 is 0. The van der Waals surface area contributed by atoms with Gasteiger partial charge in [-0.05, 0) is 42.2 Å². The first-order valence-corrected chi connectivity index (χ1v) is 7.13. The van der Waals surface area contributed by atoms with Gasteiger partial charge in [-0.1, -0.05) is 20.8 Å². The first-order valence-electron chi connectivity index (χ1n) is 7.13. The standard InChI is InChI=1S/C16H22FNO2/c1-16(2,3)10-4-5-12(15(19)20)13(8-10)11-6-7-18-9-14(11)17/h6-7,9-10,12-13H,4-5,8H2,1-3H3,(H,19,20). The van der Waals surface area contributed by atoms with E-state index < -0.39 is 17.7 Å². The number of carbonyl (C=O) groups is 1. The Kier molecular flexibility index (Phi) is 4.11. The van der Waals surface area contributed by atoms with Crippen molar-refractivity contribution in [2.75, 3.05) is 0 Å². The summed E-state index contributed by atoms with van der Waals surface area (Å²) in [7, 11) is 0. The third-order valence-corrected chi connectivity index (χ3v) is 4.60. The lowest BCUT2D eigenvalue weighted by atomic mass is 9.64. The predicted octanol–water partition coefficient (Wildman–Crippen LogP) is 3.85. The molecule has 3 nitrogen and oxygen atoms in total. The molecule has 4 heteroatoms. The quantitative estimate of drug-likeness (QED) is 0.894. The van der Waals surface area contributed by atoms with Crippen LogP contribution in [0.1, 0.15) is 51.5 Å². The van der Waals surface area contributed by atoms with Crippen LogP contribution in [0.4, 0.5) is 4.39 Å². The molecule has 0 aliphatic heterocycles. The molecule has 1 aromatic heterocycles. The van der Waals surface area contributed by atoms with E-state index in [0.29, 0.717) is 17.9 Å². The van der Waals surface area contributed by atoms with E-state index in [2.05, 4.69) is 25.8 Å². The van der Waals surface area contributed by atoms with Crippen LogP contribution in [0.3, 0.4) is 0 Å². The van der Waals surface area contributed by atoms with Crippen molar-refractivity contribution in [3.8, 4) is 0 Å². The van der Waals surface area contributed by atoms with E-state index in [9.17, 15) is 14.3 Å². The van der Waals surface area contributed by atoms with Crippen molar-refractivity contribution in [2.24, 2.45) is 17.3 Å². The molecule has 3 atom stereocenters. The van der Waals surface area contributed by atoms with Crippen LogP contribution in [-0.4, -0.2) is 16.1 Å². The van der Waals surface area contributed by atoms with Gasteiger partial charge in [0.05, 0.1) is 12.1 Å². The number of nitrogens with zero attached hydrogens (tertiary/aromatic N) is 1. The minimum atomic E-state index is -0.821. The summed E-state index contributed by atoms with van der Waals surface area (Å²) in [5, 5.41) is 9.41. The van der Waals surface area contributed by atoms with Crippen LogP contribution >= 0.6 is 0 Å². The number of aliphatic carboxylic acids is 1. The molecule has 0 spiro atoms. The van der Waals surface area contributed by atoms with Gasteiger partial charge in [-0.15, -0.1) is 0 Å². The lowest BCUT2D eigenvalue weighted by Gasteiger charge is -2.40. The number of hydrogen-bond donors (Lipinski definition) is 1. The molecule has 1 saturated carbocycles. The lowest BCUT2D eigenvalue weighted by molar-refractivity contribution is -0.144. The van der Waals surface area contributed by atoms with Crippen molar-refractivity contribution >= 4 is 5.97 Å². The number of halogens is 1. The molecule has 2 rings (SSSR count). The zero-order chi connectivity index (χ0) is 14.9. The van der Waals surface area contributed by atoms with Crippen LogP contribution in [0.5, 0.6) is 0 Å². The normalized spacial score (nSPS) is 27.3. The maximum Gasteiger partial charge on any atom is 0.307 e. The third-order valence-electron chi connectivity index (χ3n) is 4.60. The third kappa shape index (κ3) is 3.00. The Morgan fingerprint density at radius 2 is 2.10 bits per heavy atom. The molecule has 1 aliphatic carbocycles. The zero-order valence-corrected chi connectivity index (χ0v) is 12.3. The average Bonchev–Trinajstić information content (AvgIpc) is 2.37. The van der Waals surface area contributed by atoms with Gasteiger partial charge in [0.1, 0.15) is 5.82 Å². The number of rotatable bonds is 2. The Labute approximate surface area is 119 Å². The first-order chi connectivity index (χ1) is 9.30. The van der Waals surface area contributed by atoms with E-state index in [1.165, 1.54) is 12.4 Å². The molecular weight excluding hydrogens is 257 g/mol. The summed E-state index contributed by atoms with van der Waals surface area (Å²) < 4.78 is 14.0. The number of carboxylic acids is 1. The summed E-state index contributed by atoms with van der Waals surface area (Å²) in [5.41, 5.74) is 0.618. The van der Waals surface area contributed by atoms with Crippen LogP contribution in [0, 0.1) is 23.1 Å². The maximum absolute atomic E-state index is 14.0. The fourth-order valence-corrected chi connectivity index (χ4v) is 3.28. The highest BCUT2D eigenvalue weighted by Crippen LogP contribution is 2.47. The molecule has 1 aliphatic rings. The molecule has 0 aromatic carbocycles. The van der Waals surface area contributed by atoms with Crippen LogP contribution in [0.2, 0.25) is 0 Å². The molecule has 1 N–H and O–H groups in total. The second-order valence-electron chi connectivity index (χ2n) is 6.82. The van der Waals surface area contributed by atoms with Gasteiger partial charge in [-0.2, -0.15) is 0 Å². The molecule has 20 heavy (non-hydrogen) atoms. The predicted molar refractivity (Wildman–Crippen MR) is 74.9 cm³/mol. The molecule has 0 saturated heterocycles. The zero-order valence-electron chi connectivity index (χ0n) is 12.3. The van der Waals surface area contributed by atoms with E-state index in [-0.39, 0.29) is 11.3 Å². The second kappa shape index (κ2) is 5.51. The summed E-state index contributed by atoms with van der Waals surface area (Å²) in [6, 6.07) is 1.63. The Bertz CT molecular complexity index is 495. The monoisotopic (exact) mass is 279 g/mol. The van der Waals surface area contributed by atoms with Gasteiger partial charge in [0.15, 0.2) is 0 Å². The van der Waals surface area contributed by atoms with Gasteiger partial charge in [-0.3, -0.25) is 9.78 Å². The number of aromatic nitrogens is 1. The van der Waals surface area contributed by atoms with Crippen LogP contribution < -0.4 is 0 Å². The van der Waals surface area contributed by atoms with Gasteiger partial charge < -0.3 is 5.11 Å². The summed E-state index contributed by atoms with van der Waals surface area (Å²) in [4.78, 5) is 15.2. The Morgan fingerprint density at radius 3 is 2.65 bits per heavy atom. The first kappa shape index (κ1) is 14.9. The van der Waals surface area contributed by atoms with Crippen molar-refractivity contribution in [3.63, 3.8) is 0 Å². The average molecular weight is 279 g/mol. The maximum atomic E-state index is 14.0. The summed E-state index contributed by atoms with van der Waals surface area (Å²) in [5.74, 6) is -1.55. The van der Waals surface area contributed by atoms with Crippen LogP contribution in [0.25, 0.3) is 0 Å². The summed E-state index contributed by atoms with van der Waals surface area (Å²) in [6.07, 6.45) is 4.95. The van der Waals surface area contributed by atoms with Crippen molar-refractivity contribution in [2.45, 2.75) is 46.0 Å². The number of hydrogen-bond acceptors (Lipinski definition) is 2. The topological polar surface area (TPSA) is 50.2 Å². The Hall–Kier alpha value is -1.45. The van der Waals surface area contributed by atoms with Gasteiger partial charge in [-0.25, -0.2) is 4.39 Å². The highest BCUT2D eigenvalue weighted by atomic mass is 19.1. The van der Waals surface area contributed by atoms with Gasteiger partial charge in [0.2, 0.25) is 0 Å². The summed E-state index contributed by atoms with van der Waals surface area (Å²) in [6.45, 7) is 6.50. The fraction of sp³-hybridized carbons (Fsp3) is 0.625. The molecule has 1 fully saturated rings. The minimum absolute atomic E-state index is 0.116. The molecule has 3 unspecified atom stereocenters. The fourth-order valence-electron chi connectivity index (χ4n) is 3.28. The van der Waals surface area contributed by atoms with Crippen molar-refractivity contribution in [1.82, 2.24) is 4.98 Å². The molecule has 110 valence electrons. The van der Waals surface area contributed by atoms with Gasteiger partial charge in [0.25, 0.3) is 0 Å². The molecule has 1 heterocycles. The van der Waals surface area contributed by atoms with Crippen molar-refractivity contribution < 1.29 is 14.3 Å². The van der Waals surface area contributed by atoms with Crippen molar-refractivity contribution in [1.29, 1.82) is 0 Å². The smallest absolute Gasteiger partial charge is 0.307 e. The van der Waals surface area contributed by atoms with Crippen molar-refractivity contribution in [3.05, 3.63) is 29.8 Å². The van der Waals surface area contributed by atoms with E-state index in [1.54, 1.807) is 6.07 Å². The van der Waals surface area contributed by atoms with E-state index in [4.69, 9.17) is 0 Å². The number of carboxylic acid groups (broad SMARTS) is 1. The molecule has 0 amide bonds. The highest BCUT2D eigenvalue weighted by Gasteiger charge is 2.40. The minimum Gasteiger partial charge on any atom is -0.481 e. The van der Waals surface area contributed by atoms with E-state index in [0.717, 1.165) is 12.8 Å². The van der Waals surface area contributed by atoms with E-state index in [1.807, 2.05) is 0 Å². The van der Waals surface area contributed by atoms with E-state index >= 15 is 0 Å². The molecule has 0 radical (unpaired) electrons. The van der Waals surface area contributed by atoms with Gasteiger partial charge >= 0.3 is 5.97 Å². The lowest BCUT2D eigenvalue weighted by Crippen LogP contribution is -2.34. The Balaban J connectivity index is 2.33. The van der Waals surface area contributed by atoms with Crippen LogP contribution in [-0.2, 0) is 4.79 Å². The SMILES string of the molecule is CC(C)(C)C1CCC(C(=O)O)C(c2ccncc2F)C1. The largest absolute Gasteiger partial charge is 0.481 e. The van der Waals surface area contributed by atoms with Crippen LogP contribution in [0.15, 0.2) is 18.5 Å².